The van der Waals surface area contributed by atoms with Crippen molar-refractivity contribution >= 4 is 39.3 Å². The number of aryl methyl sites for hydroxylation is 1. The van der Waals surface area contributed by atoms with Crippen LogP contribution in [0.3, 0.4) is 0 Å². The highest BCUT2D eigenvalue weighted by molar-refractivity contribution is 6.00. The van der Waals surface area contributed by atoms with Gasteiger partial charge in [0.1, 0.15) is 17.6 Å². The zero-order valence-corrected chi connectivity index (χ0v) is 19.9. The van der Waals surface area contributed by atoms with Crippen LogP contribution >= 0.6 is 0 Å². The van der Waals surface area contributed by atoms with E-state index in [1.165, 1.54) is 0 Å². The molecule has 3 aromatic carbocycles. The Morgan fingerprint density at radius 1 is 0.917 bits per heavy atom. The van der Waals surface area contributed by atoms with Crippen LogP contribution in [0.4, 0.5) is 5.82 Å². The molecule has 0 aliphatic heterocycles. The van der Waals surface area contributed by atoms with Crippen LogP contribution in [0.1, 0.15) is 27.3 Å². The van der Waals surface area contributed by atoms with Gasteiger partial charge in [-0.2, -0.15) is 0 Å². The van der Waals surface area contributed by atoms with Gasteiger partial charge in [0.05, 0.1) is 0 Å². The molecule has 36 heavy (non-hydrogen) atoms. The lowest BCUT2D eigenvalue weighted by Gasteiger charge is -2.20. The second-order valence-electron chi connectivity index (χ2n) is 8.84. The SMILES string of the molecule is Cc1nc(N)ccc1CNC(=O)[C@H](Cc1cccc2ccccc12)NC(=O)c1cc2ccccc2[nH]1. The first kappa shape index (κ1) is 23.1. The number of benzene rings is 3. The van der Waals surface area contributed by atoms with Gasteiger partial charge in [0.25, 0.3) is 5.91 Å². The molecule has 0 unspecified atom stereocenters. The monoisotopic (exact) mass is 477 g/mol. The predicted octanol–water partition coefficient (Wildman–Crippen LogP) is 4.26. The Morgan fingerprint density at radius 3 is 2.47 bits per heavy atom. The number of anilines is 1. The number of hydrogen-bond donors (Lipinski definition) is 4. The molecule has 2 aromatic heterocycles. The normalized spacial score (nSPS) is 11.9. The summed E-state index contributed by atoms with van der Waals surface area (Å²) in [5, 5.41) is 8.99. The Labute approximate surface area is 208 Å². The summed E-state index contributed by atoms with van der Waals surface area (Å²) in [6.45, 7) is 2.13. The first-order valence-electron chi connectivity index (χ1n) is 11.8. The van der Waals surface area contributed by atoms with Gasteiger partial charge >= 0.3 is 0 Å². The number of nitrogens with two attached hydrogens (primary N) is 1. The number of aromatic nitrogens is 2. The average molecular weight is 478 g/mol. The highest BCUT2D eigenvalue weighted by Crippen LogP contribution is 2.21. The maximum Gasteiger partial charge on any atom is 0.268 e. The summed E-state index contributed by atoms with van der Waals surface area (Å²) >= 11 is 0. The van der Waals surface area contributed by atoms with Gasteiger partial charge < -0.3 is 21.4 Å². The molecule has 0 saturated carbocycles. The van der Waals surface area contributed by atoms with Crippen molar-refractivity contribution in [1.29, 1.82) is 0 Å². The fourth-order valence-corrected chi connectivity index (χ4v) is 4.43. The molecule has 0 fully saturated rings. The number of carbonyl (C=O) groups is 2. The fourth-order valence-electron chi connectivity index (χ4n) is 4.43. The lowest BCUT2D eigenvalue weighted by atomic mass is 9.98. The number of H-pyrrole nitrogens is 1. The van der Waals surface area contributed by atoms with Gasteiger partial charge in [0.2, 0.25) is 5.91 Å². The summed E-state index contributed by atoms with van der Waals surface area (Å²) in [5.74, 6) is -0.178. The largest absolute Gasteiger partial charge is 0.384 e. The Bertz CT molecular complexity index is 1530. The molecule has 5 N–H and O–H groups in total. The number of pyridine rings is 1. The molecular formula is C29H27N5O2. The molecule has 5 rings (SSSR count). The fraction of sp³-hybridized carbons (Fsp3) is 0.138. The Kier molecular flexibility index (Phi) is 6.36. The van der Waals surface area contributed by atoms with E-state index in [-0.39, 0.29) is 18.4 Å². The van der Waals surface area contributed by atoms with E-state index in [9.17, 15) is 9.59 Å². The highest BCUT2D eigenvalue weighted by atomic mass is 16.2. The van der Waals surface area contributed by atoms with Crippen LogP contribution in [0.5, 0.6) is 0 Å². The summed E-state index contributed by atoms with van der Waals surface area (Å²) < 4.78 is 0. The van der Waals surface area contributed by atoms with Gasteiger partial charge in [-0.3, -0.25) is 9.59 Å². The number of amides is 2. The molecule has 0 spiro atoms. The van der Waals surface area contributed by atoms with E-state index in [2.05, 4.69) is 20.6 Å². The third-order valence-corrected chi connectivity index (χ3v) is 6.37. The summed E-state index contributed by atoms with van der Waals surface area (Å²) in [4.78, 5) is 34.0. The number of aromatic amines is 1. The van der Waals surface area contributed by atoms with Crippen LogP contribution in [0.15, 0.2) is 84.9 Å². The van der Waals surface area contributed by atoms with Crippen molar-refractivity contribution in [2.75, 3.05) is 5.73 Å². The molecule has 2 amide bonds. The van der Waals surface area contributed by atoms with Crippen molar-refractivity contribution in [3.63, 3.8) is 0 Å². The van der Waals surface area contributed by atoms with Crippen LogP contribution in [0.25, 0.3) is 21.7 Å². The molecule has 180 valence electrons. The Balaban J connectivity index is 1.40. The van der Waals surface area contributed by atoms with Gasteiger partial charge in [-0.05, 0) is 47.0 Å². The van der Waals surface area contributed by atoms with Gasteiger partial charge in [-0.15, -0.1) is 0 Å². The summed E-state index contributed by atoms with van der Waals surface area (Å²) in [6.07, 6.45) is 0.345. The Morgan fingerprint density at radius 2 is 1.67 bits per heavy atom. The van der Waals surface area contributed by atoms with Crippen LogP contribution < -0.4 is 16.4 Å². The molecular weight excluding hydrogens is 450 g/mol. The minimum Gasteiger partial charge on any atom is -0.384 e. The molecule has 0 saturated heterocycles. The smallest absolute Gasteiger partial charge is 0.268 e. The molecule has 7 heteroatoms. The van der Waals surface area contributed by atoms with E-state index in [1.807, 2.05) is 79.7 Å². The molecule has 0 radical (unpaired) electrons. The molecule has 5 aromatic rings. The van der Waals surface area contributed by atoms with E-state index in [1.54, 1.807) is 12.1 Å². The van der Waals surface area contributed by atoms with Crippen molar-refractivity contribution in [3.8, 4) is 0 Å². The Hall–Kier alpha value is -4.65. The maximum absolute atomic E-state index is 13.4. The second-order valence-corrected chi connectivity index (χ2v) is 8.84. The molecule has 0 bridgehead atoms. The topological polar surface area (TPSA) is 113 Å². The van der Waals surface area contributed by atoms with Crippen molar-refractivity contribution < 1.29 is 9.59 Å². The lowest BCUT2D eigenvalue weighted by molar-refractivity contribution is -0.123. The predicted molar refractivity (Wildman–Crippen MR) is 142 cm³/mol. The van der Waals surface area contributed by atoms with Gasteiger partial charge in [0, 0.05) is 29.6 Å². The minimum atomic E-state index is -0.781. The molecule has 1 atom stereocenters. The molecule has 2 heterocycles. The minimum absolute atomic E-state index is 0.274. The number of fused-ring (bicyclic) bond motifs is 2. The van der Waals surface area contributed by atoms with E-state index in [4.69, 9.17) is 5.73 Å². The van der Waals surface area contributed by atoms with Crippen LogP contribution in [-0.4, -0.2) is 27.8 Å². The number of carbonyl (C=O) groups excluding carboxylic acids is 2. The number of hydrogen-bond acceptors (Lipinski definition) is 4. The molecule has 7 nitrogen and oxygen atoms in total. The van der Waals surface area contributed by atoms with E-state index in [0.717, 1.165) is 38.5 Å². The van der Waals surface area contributed by atoms with Crippen molar-refractivity contribution in [2.24, 2.45) is 0 Å². The quantitative estimate of drug-likeness (QED) is 0.280. The first-order valence-corrected chi connectivity index (χ1v) is 11.8. The zero-order chi connectivity index (χ0) is 25.1. The highest BCUT2D eigenvalue weighted by Gasteiger charge is 2.23. The van der Waals surface area contributed by atoms with Crippen molar-refractivity contribution in [2.45, 2.75) is 25.9 Å². The number of nitrogens with one attached hydrogen (secondary N) is 3. The number of nitrogens with zero attached hydrogens (tertiary/aromatic N) is 1. The third-order valence-electron chi connectivity index (χ3n) is 6.37. The van der Waals surface area contributed by atoms with E-state index in [0.29, 0.717) is 17.9 Å². The lowest BCUT2D eigenvalue weighted by Crippen LogP contribution is -2.48. The summed E-state index contributed by atoms with van der Waals surface area (Å²) in [6, 6.07) is 26.3. The van der Waals surface area contributed by atoms with E-state index >= 15 is 0 Å². The molecule has 0 aliphatic carbocycles. The number of rotatable bonds is 7. The number of para-hydroxylation sites is 1. The van der Waals surface area contributed by atoms with Crippen molar-refractivity contribution in [3.05, 3.63) is 107 Å². The van der Waals surface area contributed by atoms with Crippen LogP contribution in [-0.2, 0) is 17.8 Å². The standard InChI is InChI=1S/C29H27N5O2/c1-18-22(13-14-27(30)32-18)17-31-28(35)25(15-20-10-6-9-19-7-2-4-11-23(19)20)34-29(36)26-16-21-8-3-5-12-24(21)33-26/h2-14,16,25,33H,15,17H2,1H3,(H2,30,32)(H,31,35)(H,34,36)/t25-/m0/s1. The molecule has 0 aliphatic rings. The summed E-state index contributed by atoms with van der Waals surface area (Å²) in [5.41, 5.74) is 9.62. The van der Waals surface area contributed by atoms with Gasteiger partial charge in [-0.25, -0.2) is 4.98 Å². The maximum atomic E-state index is 13.4. The van der Waals surface area contributed by atoms with Crippen LogP contribution in [0.2, 0.25) is 0 Å². The summed E-state index contributed by atoms with van der Waals surface area (Å²) in [7, 11) is 0. The zero-order valence-electron chi connectivity index (χ0n) is 19.9. The third kappa shape index (κ3) is 4.90. The van der Waals surface area contributed by atoms with Gasteiger partial charge in [0.15, 0.2) is 0 Å². The van der Waals surface area contributed by atoms with Crippen LogP contribution in [0, 0.1) is 6.92 Å². The van der Waals surface area contributed by atoms with Crippen molar-refractivity contribution in [1.82, 2.24) is 20.6 Å². The second kappa shape index (κ2) is 9.92. The van der Waals surface area contributed by atoms with Gasteiger partial charge in [-0.1, -0.05) is 66.7 Å². The first-order chi connectivity index (χ1) is 17.5. The average Bonchev–Trinajstić information content (AvgIpc) is 3.32. The van der Waals surface area contributed by atoms with E-state index < -0.39 is 6.04 Å². The number of nitrogen functional groups attached to an aromatic ring is 1.